The lowest BCUT2D eigenvalue weighted by atomic mass is 10.00. The Balaban J connectivity index is 1.53. The van der Waals surface area contributed by atoms with Crippen molar-refractivity contribution in [2.24, 2.45) is 0 Å². The van der Waals surface area contributed by atoms with Crippen LogP contribution in [0.25, 0.3) is 10.6 Å². The molecular weight excluding hydrogens is 366 g/mol. The number of nitrogens with zero attached hydrogens (tertiary/aromatic N) is 3. The normalized spacial score (nSPS) is 20.6. The fourth-order valence-electron chi connectivity index (χ4n) is 4.35. The van der Waals surface area contributed by atoms with Crippen molar-refractivity contribution in [1.29, 1.82) is 0 Å². The van der Waals surface area contributed by atoms with E-state index in [1.165, 1.54) is 20.9 Å². The Morgan fingerprint density at radius 2 is 1.89 bits per heavy atom. The minimum Gasteiger partial charge on any atom is -0.362 e. The number of aryl methyl sites for hydroxylation is 3. The zero-order chi connectivity index (χ0) is 19.1. The van der Waals surface area contributed by atoms with Crippen molar-refractivity contribution in [2.75, 3.05) is 20.1 Å². The van der Waals surface area contributed by atoms with E-state index in [0.717, 1.165) is 50.4 Å². The summed E-state index contributed by atoms with van der Waals surface area (Å²) in [5.74, 6) is 1.06. The van der Waals surface area contributed by atoms with Crippen LogP contribution >= 0.6 is 11.3 Å². The molecule has 0 amide bonds. The number of hydrogen-bond donors (Lipinski definition) is 0. The smallest absolute Gasteiger partial charge is 0.143 e. The molecule has 146 valence electrons. The molecule has 2 aromatic heterocycles. The van der Waals surface area contributed by atoms with E-state index in [2.05, 4.69) is 66.0 Å². The van der Waals surface area contributed by atoms with Crippen molar-refractivity contribution in [3.8, 4) is 10.6 Å². The van der Waals surface area contributed by atoms with E-state index in [-0.39, 0.29) is 6.10 Å². The number of likely N-dealkylation sites (tertiary alicyclic amines) is 1. The molecule has 1 fully saturated rings. The summed E-state index contributed by atoms with van der Waals surface area (Å²) in [4.78, 5) is 10.0. The van der Waals surface area contributed by atoms with E-state index in [0.29, 0.717) is 6.10 Å². The van der Waals surface area contributed by atoms with Gasteiger partial charge in [-0.25, -0.2) is 4.98 Å². The number of aromatic nitrogens is 2. The summed E-state index contributed by atoms with van der Waals surface area (Å²) in [6.45, 7) is 5.31. The lowest BCUT2D eigenvalue weighted by molar-refractivity contribution is -0.0275. The number of piperidine rings is 1. The maximum absolute atomic E-state index is 6.76. The van der Waals surface area contributed by atoms with Crippen LogP contribution in [0.5, 0.6) is 0 Å². The van der Waals surface area contributed by atoms with E-state index in [1.54, 1.807) is 0 Å². The second kappa shape index (κ2) is 7.47. The average molecular weight is 394 g/mol. The Morgan fingerprint density at radius 1 is 1.07 bits per heavy atom. The zero-order valence-corrected chi connectivity index (χ0v) is 17.4. The fourth-order valence-corrected chi connectivity index (χ4v) is 5.18. The first-order chi connectivity index (χ1) is 13.7. The van der Waals surface area contributed by atoms with Crippen LogP contribution in [0, 0.1) is 6.92 Å². The second-order valence-electron chi connectivity index (χ2n) is 8.06. The highest BCUT2D eigenvalue weighted by Gasteiger charge is 2.30. The summed E-state index contributed by atoms with van der Waals surface area (Å²) in [7, 11) is 2.19. The molecule has 5 rings (SSSR count). The van der Waals surface area contributed by atoms with Crippen molar-refractivity contribution < 1.29 is 4.74 Å². The first-order valence-corrected chi connectivity index (χ1v) is 11.0. The van der Waals surface area contributed by atoms with Crippen LogP contribution in [-0.2, 0) is 17.7 Å². The largest absolute Gasteiger partial charge is 0.362 e. The highest BCUT2D eigenvalue weighted by molar-refractivity contribution is 7.15. The van der Waals surface area contributed by atoms with Gasteiger partial charge in [-0.15, -0.1) is 11.3 Å². The molecule has 1 aromatic carbocycles. The van der Waals surface area contributed by atoms with Crippen LogP contribution in [0.4, 0.5) is 0 Å². The maximum atomic E-state index is 6.76. The number of thiophene rings is 1. The maximum Gasteiger partial charge on any atom is 0.143 e. The molecule has 0 spiro atoms. The topological polar surface area (TPSA) is 30.3 Å². The lowest BCUT2D eigenvalue weighted by Crippen LogP contribution is -2.35. The predicted molar refractivity (Wildman–Crippen MR) is 114 cm³/mol. The third-order valence-electron chi connectivity index (χ3n) is 5.99. The van der Waals surface area contributed by atoms with Crippen molar-refractivity contribution in [2.45, 2.75) is 44.9 Å². The molecular formula is C23H27N3OS. The summed E-state index contributed by atoms with van der Waals surface area (Å²) >= 11 is 1.81. The Hall–Kier alpha value is -1.95. The van der Waals surface area contributed by atoms with E-state index in [9.17, 15) is 0 Å². The van der Waals surface area contributed by atoms with Gasteiger partial charge in [0.15, 0.2) is 0 Å². The van der Waals surface area contributed by atoms with E-state index in [4.69, 9.17) is 9.72 Å². The Kier molecular flexibility index (Phi) is 4.83. The summed E-state index contributed by atoms with van der Waals surface area (Å²) in [6.07, 6.45) is 5.64. The molecule has 1 unspecified atom stereocenters. The first-order valence-electron chi connectivity index (χ1n) is 10.2. The van der Waals surface area contributed by atoms with E-state index >= 15 is 0 Å². The lowest BCUT2D eigenvalue weighted by Gasteiger charge is -2.32. The predicted octanol–water partition coefficient (Wildman–Crippen LogP) is 4.68. The van der Waals surface area contributed by atoms with Gasteiger partial charge in [0.05, 0.1) is 16.7 Å². The van der Waals surface area contributed by atoms with Gasteiger partial charge in [-0.2, -0.15) is 0 Å². The Morgan fingerprint density at radius 3 is 2.68 bits per heavy atom. The van der Waals surface area contributed by atoms with Gasteiger partial charge in [0.25, 0.3) is 0 Å². The molecule has 4 heterocycles. The van der Waals surface area contributed by atoms with E-state index in [1.807, 2.05) is 11.3 Å². The average Bonchev–Trinajstić information content (AvgIpc) is 3.29. The minimum atomic E-state index is -0.0816. The Labute approximate surface area is 170 Å². The third kappa shape index (κ3) is 3.43. The molecule has 0 bridgehead atoms. The zero-order valence-electron chi connectivity index (χ0n) is 16.6. The molecule has 2 aliphatic rings. The van der Waals surface area contributed by atoms with Crippen molar-refractivity contribution in [1.82, 2.24) is 14.5 Å². The SMILES string of the molecule is Cc1ccc(-c2cn3c(n2)C(OC2CCN(C)CC2)c2ccccc2CC3)s1. The summed E-state index contributed by atoms with van der Waals surface area (Å²) in [5, 5.41) is 0. The molecule has 3 aromatic rings. The van der Waals surface area contributed by atoms with Crippen molar-refractivity contribution in [3.63, 3.8) is 0 Å². The fraction of sp³-hybridized carbons (Fsp3) is 0.435. The first kappa shape index (κ1) is 18.1. The van der Waals surface area contributed by atoms with Crippen LogP contribution in [0.3, 0.4) is 0 Å². The minimum absolute atomic E-state index is 0.0816. The number of benzene rings is 1. The molecule has 4 nitrogen and oxygen atoms in total. The second-order valence-corrected chi connectivity index (χ2v) is 9.34. The van der Waals surface area contributed by atoms with Gasteiger partial charge < -0.3 is 14.2 Å². The van der Waals surface area contributed by atoms with Crippen molar-refractivity contribution >= 4 is 11.3 Å². The number of ether oxygens (including phenoxy) is 1. The van der Waals surface area contributed by atoms with Gasteiger partial charge in [-0.1, -0.05) is 24.3 Å². The molecule has 0 N–H and O–H groups in total. The Bertz CT molecular complexity index is 968. The quantitative estimate of drug-likeness (QED) is 0.647. The van der Waals surface area contributed by atoms with Crippen molar-refractivity contribution in [3.05, 3.63) is 64.4 Å². The van der Waals surface area contributed by atoms with Gasteiger partial charge in [0.2, 0.25) is 0 Å². The van der Waals surface area contributed by atoms with Crippen LogP contribution in [0.2, 0.25) is 0 Å². The number of rotatable bonds is 3. The van der Waals surface area contributed by atoms with Gasteiger partial charge in [0, 0.05) is 30.7 Å². The van der Waals surface area contributed by atoms with Crippen LogP contribution in [0.1, 0.15) is 40.8 Å². The molecule has 28 heavy (non-hydrogen) atoms. The molecule has 0 radical (unpaired) electrons. The molecule has 1 atom stereocenters. The monoisotopic (exact) mass is 393 g/mol. The third-order valence-corrected chi connectivity index (χ3v) is 7.01. The number of imidazole rings is 1. The highest BCUT2D eigenvalue weighted by Crippen LogP contribution is 2.36. The van der Waals surface area contributed by atoms with Gasteiger partial charge in [0.1, 0.15) is 11.9 Å². The van der Waals surface area contributed by atoms with Crippen LogP contribution in [0.15, 0.2) is 42.6 Å². The van der Waals surface area contributed by atoms with E-state index < -0.39 is 0 Å². The van der Waals surface area contributed by atoms with Crippen LogP contribution < -0.4 is 0 Å². The summed E-state index contributed by atoms with van der Waals surface area (Å²) < 4.78 is 9.08. The summed E-state index contributed by atoms with van der Waals surface area (Å²) in [6, 6.07) is 13.1. The molecule has 0 aliphatic carbocycles. The molecule has 5 heteroatoms. The van der Waals surface area contributed by atoms with Gasteiger partial charge in [-0.3, -0.25) is 0 Å². The number of hydrogen-bond acceptors (Lipinski definition) is 4. The van der Waals surface area contributed by atoms with Gasteiger partial charge in [-0.05, 0) is 56.5 Å². The molecule has 1 saturated heterocycles. The number of fused-ring (bicyclic) bond motifs is 2. The summed E-state index contributed by atoms with van der Waals surface area (Å²) in [5.41, 5.74) is 3.75. The van der Waals surface area contributed by atoms with Gasteiger partial charge >= 0.3 is 0 Å². The molecule has 2 aliphatic heterocycles. The molecule has 0 saturated carbocycles. The standard InChI is InChI=1S/C23H27N3OS/c1-16-7-8-21(28-16)20-15-26-14-9-17-5-3-4-6-19(17)22(23(26)24-20)27-18-10-12-25(2)13-11-18/h3-8,15,18,22H,9-14H2,1-2H3. The van der Waals surface area contributed by atoms with Crippen LogP contribution in [-0.4, -0.2) is 40.7 Å². The highest BCUT2D eigenvalue weighted by atomic mass is 32.1.